The van der Waals surface area contributed by atoms with E-state index in [-0.39, 0.29) is 12.3 Å². The van der Waals surface area contributed by atoms with Gasteiger partial charge in [-0.25, -0.2) is 0 Å². The highest BCUT2D eigenvalue weighted by Gasteiger charge is 2.31. The van der Waals surface area contributed by atoms with Crippen LogP contribution in [0.15, 0.2) is 47.5 Å². The minimum atomic E-state index is -0.491. The number of aliphatic imine (C=N–C) groups is 1. The monoisotopic (exact) mass is 479 g/mol. The molecular formula is C26H30ClN5O2. The Bertz CT molecular complexity index is 1230. The summed E-state index contributed by atoms with van der Waals surface area (Å²) in [6.45, 7) is 11.1. The molecule has 0 saturated heterocycles. The molecule has 8 heteroatoms. The maximum absolute atomic E-state index is 12.6. The number of carbonyl (C=O) groups is 1. The standard InChI is InChI=1S/C26H30ClN5O2/c1-6-28-23(33)15-21-25-31-30-16(3)32(25)22-13-10-18(26(4,5)34-7-2)14-20(22)24(29-21)17-8-11-19(27)12-9-17/h8-14,21H,6-7,15H2,1-5H3,(H,28,33)/t21-/m0/s1. The number of hydrogen-bond acceptors (Lipinski definition) is 5. The second-order valence-electron chi connectivity index (χ2n) is 8.77. The van der Waals surface area contributed by atoms with Crippen LogP contribution in [0.2, 0.25) is 5.02 Å². The van der Waals surface area contributed by atoms with E-state index in [0.29, 0.717) is 24.0 Å². The van der Waals surface area contributed by atoms with Crippen LogP contribution in [0.4, 0.5) is 0 Å². The quantitative estimate of drug-likeness (QED) is 0.521. The Kier molecular flexibility index (Phi) is 6.86. The molecule has 2 aromatic carbocycles. The highest BCUT2D eigenvalue weighted by Crippen LogP contribution is 2.35. The predicted octanol–water partition coefficient (Wildman–Crippen LogP) is 4.92. The van der Waals surface area contributed by atoms with Gasteiger partial charge < -0.3 is 10.1 Å². The smallest absolute Gasteiger partial charge is 0.222 e. The number of nitrogens with one attached hydrogen (secondary N) is 1. The fraction of sp³-hybridized carbons (Fsp3) is 0.385. The highest BCUT2D eigenvalue weighted by molar-refractivity contribution is 6.30. The molecule has 4 rings (SSSR count). The van der Waals surface area contributed by atoms with E-state index in [1.165, 1.54) is 0 Å². The average Bonchev–Trinajstić information content (AvgIpc) is 3.12. The van der Waals surface area contributed by atoms with Gasteiger partial charge in [0, 0.05) is 29.3 Å². The molecule has 0 aliphatic carbocycles. The maximum Gasteiger partial charge on any atom is 0.222 e. The van der Waals surface area contributed by atoms with E-state index in [1.54, 1.807) is 0 Å². The average molecular weight is 480 g/mol. The zero-order chi connectivity index (χ0) is 24.5. The molecule has 1 aliphatic heterocycles. The van der Waals surface area contributed by atoms with Gasteiger partial charge in [-0.15, -0.1) is 10.2 Å². The molecule has 2 heterocycles. The molecule has 1 atom stereocenters. The topological polar surface area (TPSA) is 81.4 Å². The molecular weight excluding hydrogens is 450 g/mol. The first kappa shape index (κ1) is 24.1. The van der Waals surface area contributed by atoms with Crippen molar-refractivity contribution in [3.8, 4) is 5.69 Å². The van der Waals surface area contributed by atoms with Gasteiger partial charge in [0.15, 0.2) is 5.82 Å². The zero-order valence-electron chi connectivity index (χ0n) is 20.2. The van der Waals surface area contributed by atoms with Crippen molar-refractivity contribution < 1.29 is 9.53 Å². The van der Waals surface area contributed by atoms with Gasteiger partial charge in [-0.1, -0.05) is 29.8 Å². The largest absolute Gasteiger partial charge is 0.371 e. The molecule has 178 valence electrons. The lowest BCUT2D eigenvalue weighted by Crippen LogP contribution is -2.25. The van der Waals surface area contributed by atoms with Crippen LogP contribution in [-0.4, -0.2) is 39.5 Å². The first-order valence-corrected chi connectivity index (χ1v) is 11.9. The van der Waals surface area contributed by atoms with Crippen molar-refractivity contribution in [3.05, 3.63) is 75.8 Å². The van der Waals surface area contributed by atoms with Crippen molar-refractivity contribution in [3.63, 3.8) is 0 Å². The number of fused-ring (bicyclic) bond motifs is 3. The van der Waals surface area contributed by atoms with Crippen molar-refractivity contribution in [1.82, 2.24) is 20.1 Å². The number of aryl methyl sites for hydroxylation is 1. The molecule has 0 fully saturated rings. The maximum atomic E-state index is 12.6. The summed E-state index contributed by atoms with van der Waals surface area (Å²) in [6.07, 6.45) is 0.175. The van der Waals surface area contributed by atoms with Crippen molar-refractivity contribution in [2.45, 2.75) is 52.7 Å². The summed E-state index contributed by atoms with van der Waals surface area (Å²) in [4.78, 5) is 17.7. The van der Waals surface area contributed by atoms with E-state index >= 15 is 0 Å². The lowest BCUT2D eigenvalue weighted by atomic mass is 9.92. The highest BCUT2D eigenvalue weighted by atomic mass is 35.5. The Morgan fingerprint density at radius 1 is 1.15 bits per heavy atom. The van der Waals surface area contributed by atoms with Crippen LogP contribution < -0.4 is 5.32 Å². The van der Waals surface area contributed by atoms with Gasteiger partial charge in [0.05, 0.1) is 23.4 Å². The third-order valence-corrected chi connectivity index (χ3v) is 6.25. The SMILES string of the molecule is CCNC(=O)C[C@@H]1N=C(c2ccc(Cl)cc2)c2cc(C(C)(C)OCC)ccc2-n2c(C)nnc21. The third-order valence-electron chi connectivity index (χ3n) is 6.00. The summed E-state index contributed by atoms with van der Waals surface area (Å²) in [5.74, 6) is 1.30. The van der Waals surface area contributed by atoms with Gasteiger partial charge in [0.1, 0.15) is 11.9 Å². The number of carbonyl (C=O) groups excluding carboxylic acids is 1. The second-order valence-corrected chi connectivity index (χ2v) is 9.21. The number of rotatable bonds is 7. The summed E-state index contributed by atoms with van der Waals surface area (Å²) in [5.41, 5.74) is 4.08. The zero-order valence-corrected chi connectivity index (χ0v) is 21.0. The molecule has 0 bridgehead atoms. The molecule has 1 aromatic heterocycles. The van der Waals surface area contributed by atoms with Crippen molar-refractivity contribution in [2.75, 3.05) is 13.2 Å². The Labute approximate surface area is 205 Å². The number of amides is 1. The van der Waals surface area contributed by atoms with Gasteiger partial charge in [0.25, 0.3) is 0 Å². The van der Waals surface area contributed by atoms with Crippen LogP contribution in [0.1, 0.15) is 68.5 Å². The molecule has 7 nitrogen and oxygen atoms in total. The molecule has 3 aromatic rings. The first-order valence-electron chi connectivity index (χ1n) is 11.6. The predicted molar refractivity (Wildman–Crippen MR) is 134 cm³/mol. The molecule has 0 radical (unpaired) electrons. The fourth-order valence-electron chi connectivity index (χ4n) is 4.33. The van der Waals surface area contributed by atoms with E-state index in [0.717, 1.165) is 33.9 Å². The first-order chi connectivity index (χ1) is 16.2. The second kappa shape index (κ2) is 9.68. The molecule has 1 aliphatic rings. The van der Waals surface area contributed by atoms with E-state index in [1.807, 2.05) is 49.6 Å². The minimum Gasteiger partial charge on any atom is -0.371 e. The van der Waals surface area contributed by atoms with Crippen molar-refractivity contribution in [1.29, 1.82) is 0 Å². The van der Waals surface area contributed by atoms with E-state index in [4.69, 9.17) is 21.3 Å². The van der Waals surface area contributed by atoms with E-state index in [9.17, 15) is 4.79 Å². The van der Waals surface area contributed by atoms with Crippen LogP contribution in [-0.2, 0) is 15.1 Å². The Morgan fingerprint density at radius 3 is 2.56 bits per heavy atom. The van der Waals surface area contributed by atoms with E-state index < -0.39 is 11.6 Å². The van der Waals surface area contributed by atoms with Crippen LogP contribution >= 0.6 is 11.6 Å². The van der Waals surface area contributed by atoms with Gasteiger partial charge in [-0.05, 0) is 64.4 Å². The minimum absolute atomic E-state index is 0.0805. The number of nitrogens with zero attached hydrogens (tertiary/aromatic N) is 4. The van der Waals surface area contributed by atoms with Crippen LogP contribution in [0.25, 0.3) is 5.69 Å². The molecule has 1 amide bonds. The van der Waals surface area contributed by atoms with Crippen LogP contribution in [0.3, 0.4) is 0 Å². The lowest BCUT2D eigenvalue weighted by Gasteiger charge is -2.26. The van der Waals surface area contributed by atoms with Gasteiger partial charge >= 0.3 is 0 Å². The number of benzene rings is 2. The number of aromatic nitrogens is 3. The molecule has 34 heavy (non-hydrogen) atoms. The summed E-state index contributed by atoms with van der Waals surface area (Å²) >= 11 is 6.18. The summed E-state index contributed by atoms with van der Waals surface area (Å²) < 4.78 is 8.03. The lowest BCUT2D eigenvalue weighted by molar-refractivity contribution is -0.121. The fourth-order valence-corrected chi connectivity index (χ4v) is 4.46. The van der Waals surface area contributed by atoms with Gasteiger partial charge in [-0.2, -0.15) is 0 Å². The van der Waals surface area contributed by atoms with E-state index in [2.05, 4.69) is 47.6 Å². The Balaban J connectivity index is 1.97. The molecule has 0 saturated carbocycles. The van der Waals surface area contributed by atoms with Gasteiger partial charge in [-0.3, -0.25) is 14.4 Å². The summed E-state index contributed by atoms with van der Waals surface area (Å²) in [7, 11) is 0. The Morgan fingerprint density at radius 2 is 1.88 bits per heavy atom. The normalized spacial score (nSPS) is 15.2. The number of hydrogen-bond donors (Lipinski definition) is 1. The Hall–Kier alpha value is -3.03. The molecule has 0 unspecified atom stereocenters. The number of halogens is 1. The third kappa shape index (κ3) is 4.63. The molecule has 0 spiro atoms. The summed E-state index contributed by atoms with van der Waals surface area (Å²) in [5, 5.41) is 12.3. The summed E-state index contributed by atoms with van der Waals surface area (Å²) in [6, 6.07) is 13.4. The van der Waals surface area contributed by atoms with Gasteiger partial charge in [0.2, 0.25) is 5.91 Å². The van der Waals surface area contributed by atoms with Crippen LogP contribution in [0.5, 0.6) is 0 Å². The number of ether oxygens (including phenoxy) is 1. The van der Waals surface area contributed by atoms with Crippen LogP contribution in [0, 0.1) is 6.92 Å². The molecule has 1 N–H and O–H groups in total. The van der Waals surface area contributed by atoms with Crippen molar-refractivity contribution in [2.24, 2.45) is 4.99 Å². The van der Waals surface area contributed by atoms with Crippen molar-refractivity contribution >= 4 is 23.2 Å².